The lowest BCUT2D eigenvalue weighted by Gasteiger charge is -2.36. The number of nitrogens with one attached hydrogen (secondary N) is 1. The number of ether oxygens (including phenoxy) is 2. The van der Waals surface area contributed by atoms with Crippen molar-refractivity contribution in [1.29, 1.82) is 0 Å². The molecule has 1 amide bonds. The number of rotatable bonds is 10. The van der Waals surface area contributed by atoms with E-state index in [1.807, 2.05) is 30.3 Å². The van der Waals surface area contributed by atoms with Crippen molar-refractivity contribution < 1.29 is 32.3 Å². The van der Waals surface area contributed by atoms with Crippen LogP contribution in [0.2, 0.25) is 0 Å². The number of nitrogens with zero attached hydrogens (tertiary/aromatic N) is 1. The molecule has 1 aromatic carbocycles. The molecule has 1 heterocycles. The van der Waals surface area contributed by atoms with Crippen LogP contribution in [-0.2, 0) is 40.1 Å². The van der Waals surface area contributed by atoms with E-state index in [1.54, 1.807) is 20.8 Å². The Balaban J connectivity index is 2.12. The predicted molar refractivity (Wildman–Crippen MR) is 119 cm³/mol. The Morgan fingerprint density at radius 3 is 2.41 bits per heavy atom. The van der Waals surface area contributed by atoms with Crippen molar-refractivity contribution in [1.82, 2.24) is 10.2 Å². The van der Waals surface area contributed by atoms with Gasteiger partial charge in [-0.1, -0.05) is 30.3 Å². The molecule has 0 aromatic heterocycles. The van der Waals surface area contributed by atoms with Crippen molar-refractivity contribution in [2.45, 2.75) is 51.7 Å². The summed E-state index contributed by atoms with van der Waals surface area (Å²) in [6.45, 7) is 5.09. The SMILES string of the molecule is CCOC(=O)C(CCc1ccccc1)N[C@@H](C)C(=O)N1CCS(=O)(=O)CC1C(=O)OCC. The summed E-state index contributed by atoms with van der Waals surface area (Å²) in [5.74, 6) is -2.38. The van der Waals surface area contributed by atoms with Crippen LogP contribution in [0.15, 0.2) is 30.3 Å². The zero-order valence-electron chi connectivity index (χ0n) is 18.8. The second-order valence-electron chi connectivity index (χ2n) is 7.63. The lowest BCUT2D eigenvalue weighted by atomic mass is 10.0. The molecule has 0 radical (unpaired) electrons. The molecule has 0 saturated carbocycles. The van der Waals surface area contributed by atoms with E-state index in [-0.39, 0.29) is 25.5 Å². The molecule has 1 aliphatic heterocycles. The summed E-state index contributed by atoms with van der Waals surface area (Å²) in [5.41, 5.74) is 1.05. The maximum Gasteiger partial charge on any atom is 0.329 e. The van der Waals surface area contributed by atoms with Crippen LogP contribution in [0, 0.1) is 0 Å². The highest BCUT2D eigenvalue weighted by Crippen LogP contribution is 2.16. The molecule has 9 nitrogen and oxygen atoms in total. The summed E-state index contributed by atoms with van der Waals surface area (Å²) >= 11 is 0. The third-order valence-corrected chi connectivity index (χ3v) is 6.86. The number of aryl methyl sites for hydroxylation is 1. The quantitative estimate of drug-likeness (QED) is 0.499. The Labute approximate surface area is 189 Å². The predicted octanol–water partition coefficient (Wildman–Crippen LogP) is 0.718. The van der Waals surface area contributed by atoms with Crippen LogP contribution < -0.4 is 5.32 Å². The van der Waals surface area contributed by atoms with Crippen LogP contribution >= 0.6 is 0 Å². The van der Waals surface area contributed by atoms with Crippen molar-refractivity contribution in [3.63, 3.8) is 0 Å². The number of esters is 2. The van der Waals surface area contributed by atoms with E-state index in [1.165, 1.54) is 4.90 Å². The van der Waals surface area contributed by atoms with Crippen LogP contribution in [0.5, 0.6) is 0 Å². The number of carbonyl (C=O) groups is 3. The number of amides is 1. The fourth-order valence-corrected chi connectivity index (χ4v) is 5.03. The van der Waals surface area contributed by atoms with Gasteiger partial charge in [-0.3, -0.25) is 14.9 Å². The first-order valence-corrected chi connectivity index (χ1v) is 12.6. The highest BCUT2D eigenvalue weighted by atomic mass is 32.2. The zero-order chi connectivity index (χ0) is 23.7. The molecule has 0 spiro atoms. The fourth-order valence-electron chi connectivity index (χ4n) is 3.59. The first-order chi connectivity index (χ1) is 15.2. The zero-order valence-corrected chi connectivity index (χ0v) is 19.6. The highest BCUT2D eigenvalue weighted by molar-refractivity contribution is 7.91. The van der Waals surface area contributed by atoms with Crippen molar-refractivity contribution in [3.8, 4) is 0 Å². The average Bonchev–Trinajstić information content (AvgIpc) is 2.76. The molecule has 1 N–H and O–H groups in total. The van der Waals surface area contributed by atoms with Gasteiger partial charge in [0.2, 0.25) is 5.91 Å². The molecule has 1 aliphatic rings. The van der Waals surface area contributed by atoms with Crippen LogP contribution in [0.1, 0.15) is 32.8 Å². The van der Waals surface area contributed by atoms with Gasteiger partial charge >= 0.3 is 11.9 Å². The van der Waals surface area contributed by atoms with E-state index in [9.17, 15) is 22.8 Å². The van der Waals surface area contributed by atoms with Gasteiger partial charge in [-0.05, 0) is 39.2 Å². The first kappa shape index (κ1) is 25.8. The largest absolute Gasteiger partial charge is 0.465 e. The average molecular weight is 469 g/mol. The normalized spacial score (nSPS) is 19.6. The van der Waals surface area contributed by atoms with E-state index >= 15 is 0 Å². The molecule has 178 valence electrons. The molecule has 1 saturated heterocycles. The van der Waals surface area contributed by atoms with E-state index in [0.29, 0.717) is 12.8 Å². The molecule has 3 atom stereocenters. The molecule has 10 heteroatoms. The highest BCUT2D eigenvalue weighted by Gasteiger charge is 2.41. The minimum atomic E-state index is -3.46. The number of sulfone groups is 1. The standard InChI is InChI=1S/C22H32N2O7S/c1-4-30-21(26)18(12-11-17-9-7-6-8-10-17)23-16(3)20(25)24-13-14-32(28,29)15-19(24)22(27)31-5-2/h6-10,16,18-19,23H,4-5,11-15H2,1-3H3/t16-,18?,19?/m0/s1. The molecular formula is C22H32N2O7S. The van der Waals surface area contributed by atoms with Gasteiger partial charge < -0.3 is 14.4 Å². The smallest absolute Gasteiger partial charge is 0.329 e. The third kappa shape index (κ3) is 7.30. The van der Waals surface area contributed by atoms with Crippen LogP contribution in [0.4, 0.5) is 0 Å². The molecule has 1 fully saturated rings. The van der Waals surface area contributed by atoms with E-state index in [0.717, 1.165) is 5.56 Å². The molecule has 0 aliphatic carbocycles. The first-order valence-electron chi connectivity index (χ1n) is 10.8. The van der Waals surface area contributed by atoms with Crippen molar-refractivity contribution in [2.75, 3.05) is 31.3 Å². The maximum atomic E-state index is 13.1. The van der Waals surface area contributed by atoms with E-state index in [2.05, 4.69) is 5.32 Å². The van der Waals surface area contributed by atoms with Gasteiger partial charge in [-0.15, -0.1) is 0 Å². The van der Waals surface area contributed by atoms with Gasteiger partial charge in [-0.25, -0.2) is 13.2 Å². The van der Waals surface area contributed by atoms with Crippen LogP contribution in [0.25, 0.3) is 0 Å². The Morgan fingerprint density at radius 2 is 1.78 bits per heavy atom. The van der Waals surface area contributed by atoms with Gasteiger partial charge in [0, 0.05) is 6.54 Å². The fraction of sp³-hybridized carbons (Fsp3) is 0.591. The van der Waals surface area contributed by atoms with Gasteiger partial charge in [0.25, 0.3) is 0 Å². The Bertz CT molecular complexity index is 889. The lowest BCUT2D eigenvalue weighted by molar-refractivity contribution is -0.155. The number of hydrogen-bond donors (Lipinski definition) is 1. The minimum Gasteiger partial charge on any atom is -0.465 e. The Kier molecular flexibility index (Phi) is 9.64. The monoisotopic (exact) mass is 468 g/mol. The summed E-state index contributed by atoms with van der Waals surface area (Å²) in [7, 11) is -3.46. The molecule has 2 rings (SSSR count). The molecule has 0 bridgehead atoms. The summed E-state index contributed by atoms with van der Waals surface area (Å²) < 4.78 is 34.2. The van der Waals surface area contributed by atoms with Crippen molar-refractivity contribution in [2.24, 2.45) is 0 Å². The summed E-state index contributed by atoms with van der Waals surface area (Å²) in [4.78, 5) is 39.2. The summed E-state index contributed by atoms with van der Waals surface area (Å²) in [5, 5.41) is 3.01. The molecule has 2 unspecified atom stereocenters. The summed E-state index contributed by atoms with van der Waals surface area (Å²) in [6, 6.07) is 6.87. The van der Waals surface area contributed by atoms with Gasteiger partial charge in [0.1, 0.15) is 12.1 Å². The second kappa shape index (κ2) is 12.0. The van der Waals surface area contributed by atoms with Gasteiger partial charge in [0.05, 0.1) is 30.8 Å². The minimum absolute atomic E-state index is 0.0790. The lowest BCUT2D eigenvalue weighted by Crippen LogP contribution is -2.60. The number of hydrogen-bond acceptors (Lipinski definition) is 8. The van der Waals surface area contributed by atoms with Crippen LogP contribution in [0.3, 0.4) is 0 Å². The van der Waals surface area contributed by atoms with Crippen LogP contribution in [-0.4, -0.2) is 80.6 Å². The third-order valence-electron chi connectivity index (χ3n) is 5.23. The molecule has 32 heavy (non-hydrogen) atoms. The Morgan fingerprint density at radius 1 is 1.12 bits per heavy atom. The van der Waals surface area contributed by atoms with E-state index < -0.39 is 51.6 Å². The van der Waals surface area contributed by atoms with Crippen molar-refractivity contribution >= 4 is 27.7 Å². The molecular weight excluding hydrogens is 436 g/mol. The van der Waals surface area contributed by atoms with Crippen molar-refractivity contribution in [3.05, 3.63) is 35.9 Å². The number of benzene rings is 1. The summed E-state index contributed by atoms with van der Waals surface area (Å²) in [6.07, 6.45) is 1.02. The van der Waals surface area contributed by atoms with E-state index in [4.69, 9.17) is 9.47 Å². The Hall–Kier alpha value is -2.46. The molecule has 1 aromatic rings. The van der Waals surface area contributed by atoms with Gasteiger partial charge in [-0.2, -0.15) is 0 Å². The number of carbonyl (C=O) groups excluding carboxylic acids is 3. The maximum absolute atomic E-state index is 13.1. The van der Waals surface area contributed by atoms with Gasteiger partial charge in [0.15, 0.2) is 9.84 Å². The second-order valence-corrected chi connectivity index (χ2v) is 9.86. The topological polar surface area (TPSA) is 119 Å².